The first kappa shape index (κ1) is 14.2. The zero-order valence-electron chi connectivity index (χ0n) is 11.4. The number of thiophene rings is 2. The van der Waals surface area contributed by atoms with Crippen molar-refractivity contribution < 1.29 is 14.3 Å². The lowest BCUT2D eigenvalue weighted by molar-refractivity contribution is 0.0991. The Morgan fingerprint density at radius 1 is 1.33 bits per heavy atom. The minimum atomic E-state index is -0.507. The monoisotopic (exact) mass is 322 g/mol. The number of amides is 2. The summed E-state index contributed by atoms with van der Waals surface area (Å²) in [5.74, 6) is -0.720. The number of nitrogens with one attached hydrogen (secondary N) is 1. The van der Waals surface area contributed by atoms with E-state index >= 15 is 0 Å². The summed E-state index contributed by atoms with van der Waals surface area (Å²) >= 11 is 2.78. The van der Waals surface area contributed by atoms with Crippen LogP contribution in [0.3, 0.4) is 0 Å². The molecule has 0 saturated carbocycles. The predicted octanol–water partition coefficient (Wildman–Crippen LogP) is 2.54. The van der Waals surface area contributed by atoms with E-state index in [-0.39, 0.29) is 5.91 Å². The highest BCUT2D eigenvalue weighted by Gasteiger charge is 2.25. The van der Waals surface area contributed by atoms with Gasteiger partial charge in [-0.25, -0.2) is 0 Å². The standard InChI is InChI=1S/C14H14N2O3S2/c1-7-2-3-9(20-7)13(18)16-14-11(12(15)17)8-4-5-19-6-10(8)21-14/h2-3H,4-6H2,1H3,(H2,15,17)(H,16,18). The molecule has 0 radical (unpaired) electrons. The zero-order valence-corrected chi connectivity index (χ0v) is 13.0. The molecule has 0 unspecified atom stereocenters. The van der Waals surface area contributed by atoms with Crippen LogP contribution in [0.1, 0.15) is 35.3 Å². The van der Waals surface area contributed by atoms with Crippen LogP contribution in [0.4, 0.5) is 5.00 Å². The quantitative estimate of drug-likeness (QED) is 0.911. The molecule has 3 heterocycles. The smallest absolute Gasteiger partial charge is 0.266 e. The molecule has 2 aromatic rings. The summed E-state index contributed by atoms with van der Waals surface area (Å²) < 4.78 is 5.38. The Morgan fingerprint density at radius 2 is 2.14 bits per heavy atom. The van der Waals surface area contributed by atoms with Crippen LogP contribution in [0, 0.1) is 6.92 Å². The number of nitrogens with two attached hydrogens (primary N) is 1. The van der Waals surface area contributed by atoms with Crippen LogP contribution in [0.2, 0.25) is 0 Å². The molecular formula is C14H14N2O3S2. The zero-order chi connectivity index (χ0) is 15.0. The van der Waals surface area contributed by atoms with Crippen LogP contribution in [0.5, 0.6) is 0 Å². The Labute approximate surface area is 129 Å². The molecule has 1 aliphatic rings. The van der Waals surface area contributed by atoms with E-state index in [1.165, 1.54) is 22.7 Å². The van der Waals surface area contributed by atoms with Gasteiger partial charge in [0.2, 0.25) is 0 Å². The second-order valence-electron chi connectivity index (χ2n) is 4.74. The summed E-state index contributed by atoms with van der Waals surface area (Å²) in [7, 11) is 0. The molecule has 21 heavy (non-hydrogen) atoms. The summed E-state index contributed by atoms with van der Waals surface area (Å²) in [6.45, 7) is 2.98. The molecule has 0 atom stereocenters. The molecule has 7 heteroatoms. The fourth-order valence-corrected chi connectivity index (χ4v) is 4.25. The molecule has 1 aliphatic heterocycles. The van der Waals surface area contributed by atoms with E-state index in [4.69, 9.17) is 10.5 Å². The fourth-order valence-electron chi connectivity index (χ4n) is 2.30. The number of aryl methyl sites for hydroxylation is 1. The van der Waals surface area contributed by atoms with E-state index in [1.807, 2.05) is 13.0 Å². The van der Waals surface area contributed by atoms with Crippen LogP contribution in [-0.2, 0) is 17.8 Å². The maximum Gasteiger partial charge on any atom is 0.266 e. The molecule has 110 valence electrons. The minimum Gasteiger partial charge on any atom is -0.376 e. The first-order valence-corrected chi connectivity index (χ1v) is 8.09. The molecule has 0 saturated heterocycles. The second-order valence-corrected chi connectivity index (χ2v) is 7.13. The number of carbonyl (C=O) groups excluding carboxylic acids is 2. The van der Waals surface area contributed by atoms with Gasteiger partial charge in [0.1, 0.15) is 5.00 Å². The van der Waals surface area contributed by atoms with E-state index < -0.39 is 5.91 Å². The predicted molar refractivity (Wildman–Crippen MR) is 83.2 cm³/mol. The average Bonchev–Trinajstić information content (AvgIpc) is 3.01. The van der Waals surface area contributed by atoms with E-state index in [1.54, 1.807) is 6.07 Å². The molecule has 3 N–H and O–H groups in total. The van der Waals surface area contributed by atoms with E-state index in [9.17, 15) is 9.59 Å². The Bertz CT molecular complexity index is 718. The van der Waals surface area contributed by atoms with Gasteiger partial charge in [-0.2, -0.15) is 0 Å². The first-order valence-electron chi connectivity index (χ1n) is 6.46. The van der Waals surface area contributed by atoms with Gasteiger partial charge >= 0.3 is 0 Å². The van der Waals surface area contributed by atoms with E-state index in [0.29, 0.717) is 35.1 Å². The molecule has 0 spiro atoms. The van der Waals surface area contributed by atoms with Crippen LogP contribution in [0.25, 0.3) is 0 Å². The van der Waals surface area contributed by atoms with Crippen molar-refractivity contribution in [2.24, 2.45) is 5.73 Å². The van der Waals surface area contributed by atoms with Gasteiger partial charge in [-0.3, -0.25) is 9.59 Å². The number of fused-ring (bicyclic) bond motifs is 1. The maximum atomic E-state index is 12.2. The summed E-state index contributed by atoms with van der Waals surface area (Å²) in [5.41, 5.74) is 6.82. The van der Waals surface area contributed by atoms with Gasteiger partial charge in [-0.15, -0.1) is 22.7 Å². The van der Waals surface area contributed by atoms with Crippen LogP contribution >= 0.6 is 22.7 Å². The minimum absolute atomic E-state index is 0.213. The molecule has 2 aromatic heterocycles. The summed E-state index contributed by atoms with van der Waals surface area (Å²) in [6, 6.07) is 3.66. The lowest BCUT2D eigenvalue weighted by atomic mass is 10.1. The van der Waals surface area contributed by atoms with Gasteiger partial charge < -0.3 is 15.8 Å². The van der Waals surface area contributed by atoms with Crippen molar-refractivity contribution in [3.63, 3.8) is 0 Å². The van der Waals surface area contributed by atoms with Crippen molar-refractivity contribution >= 4 is 39.5 Å². The van der Waals surface area contributed by atoms with Crippen molar-refractivity contribution in [1.82, 2.24) is 0 Å². The number of ether oxygens (including phenoxy) is 1. The highest BCUT2D eigenvalue weighted by atomic mass is 32.1. The normalized spacial score (nSPS) is 13.8. The SMILES string of the molecule is Cc1ccc(C(=O)Nc2sc3c(c2C(N)=O)CCOC3)s1. The van der Waals surface area contributed by atoms with E-state index in [2.05, 4.69) is 5.32 Å². The number of anilines is 1. The summed E-state index contributed by atoms with van der Waals surface area (Å²) in [4.78, 5) is 26.6. The third kappa shape index (κ3) is 2.72. The molecule has 5 nitrogen and oxygen atoms in total. The Hall–Kier alpha value is -1.70. The molecule has 0 aromatic carbocycles. The maximum absolute atomic E-state index is 12.2. The van der Waals surface area contributed by atoms with Crippen molar-refractivity contribution in [1.29, 1.82) is 0 Å². The molecule has 0 aliphatic carbocycles. The van der Waals surface area contributed by atoms with Gasteiger partial charge in [0.15, 0.2) is 0 Å². The number of hydrogen-bond acceptors (Lipinski definition) is 5. The van der Waals surface area contributed by atoms with Crippen molar-refractivity contribution in [3.8, 4) is 0 Å². The molecular weight excluding hydrogens is 308 g/mol. The van der Waals surface area contributed by atoms with E-state index in [0.717, 1.165) is 15.3 Å². The number of rotatable bonds is 3. The number of hydrogen-bond donors (Lipinski definition) is 2. The van der Waals surface area contributed by atoms with Crippen molar-refractivity contribution in [3.05, 3.63) is 37.9 Å². The van der Waals surface area contributed by atoms with Gasteiger partial charge in [0.25, 0.3) is 11.8 Å². The first-order chi connectivity index (χ1) is 10.1. The van der Waals surface area contributed by atoms with Crippen molar-refractivity contribution in [2.45, 2.75) is 20.0 Å². The highest BCUT2D eigenvalue weighted by Crippen LogP contribution is 2.36. The third-order valence-electron chi connectivity index (χ3n) is 3.26. The Balaban J connectivity index is 1.93. The van der Waals surface area contributed by atoms with Gasteiger partial charge in [-0.05, 0) is 31.0 Å². The van der Waals surface area contributed by atoms with Crippen molar-refractivity contribution in [2.75, 3.05) is 11.9 Å². The summed E-state index contributed by atoms with van der Waals surface area (Å²) in [5, 5.41) is 3.33. The molecule has 0 bridgehead atoms. The molecule has 0 fully saturated rings. The second kappa shape index (κ2) is 5.59. The molecule has 2 amide bonds. The number of carbonyl (C=O) groups is 2. The van der Waals surface area contributed by atoms with Gasteiger partial charge in [0.05, 0.1) is 23.7 Å². The summed E-state index contributed by atoms with van der Waals surface area (Å²) in [6.07, 6.45) is 0.651. The van der Waals surface area contributed by atoms with Gasteiger partial charge in [-0.1, -0.05) is 0 Å². The Morgan fingerprint density at radius 3 is 2.81 bits per heavy atom. The largest absolute Gasteiger partial charge is 0.376 e. The Kier molecular flexibility index (Phi) is 3.79. The fraction of sp³-hybridized carbons (Fsp3) is 0.286. The molecule has 3 rings (SSSR count). The van der Waals surface area contributed by atoms with Gasteiger partial charge in [0, 0.05) is 9.75 Å². The lowest BCUT2D eigenvalue weighted by Crippen LogP contribution is -2.19. The third-order valence-corrected chi connectivity index (χ3v) is 5.38. The number of primary amides is 1. The topological polar surface area (TPSA) is 81.4 Å². The average molecular weight is 322 g/mol. The highest BCUT2D eigenvalue weighted by molar-refractivity contribution is 7.17. The lowest BCUT2D eigenvalue weighted by Gasteiger charge is -2.12. The van der Waals surface area contributed by atoms with Crippen LogP contribution < -0.4 is 11.1 Å². The van der Waals surface area contributed by atoms with Crippen LogP contribution in [-0.4, -0.2) is 18.4 Å². The van der Waals surface area contributed by atoms with Crippen LogP contribution in [0.15, 0.2) is 12.1 Å².